The van der Waals surface area contributed by atoms with Gasteiger partial charge in [0.05, 0.1) is 11.0 Å². The molecule has 6 heteroatoms. The lowest BCUT2D eigenvalue weighted by Gasteiger charge is -2.09. The number of thiophene rings is 1. The quantitative estimate of drug-likeness (QED) is 0.187. The highest BCUT2D eigenvalue weighted by Crippen LogP contribution is 2.42. The number of benzene rings is 7. The van der Waals surface area contributed by atoms with Gasteiger partial charge in [-0.3, -0.25) is 0 Å². The highest BCUT2D eigenvalue weighted by atomic mass is 32.1. The number of rotatable bonds is 4. The first kappa shape index (κ1) is 28.2. The van der Waals surface area contributed by atoms with Gasteiger partial charge in [0.1, 0.15) is 5.58 Å². The number of hydrogen-bond acceptors (Lipinski definition) is 5. The Labute approximate surface area is 295 Å². The predicted octanol–water partition coefficient (Wildman–Crippen LogP) is 12.2. The van der Waals surface area contributed by atoms with E-state index in [1.165, 1.54) is 30.9 Å². The van der Waals surface area contributed by atoms with Crippen molar-refractivity contribution in [3.05, 3.63) is 158 Å². The van der Waals surface area contributed by atoms with Crippen LogP contribution in [0.5, 0.6) is 0 Å². The Kier molecular flexibility index (Phi) is 6.05. The van der Waals surface area contributed by atoms with Gasteiger partial charge in [-0.15, -0.1) is 11.3 Å². The first-order chi connectivity index (χ1) is 25.3. The summed E-state index contributed by atoms with van der Waals surface area (Å²) in [5.74, 6) is 1.97. The van der Waals surface area contributed by atoms with Gasteiger partial charge in [0, 0.05) is 64.1 Å². The van der Waals surface area contributed by atoms with Crippen LogP contribution in [0.25, 0.3) is 104 Å². The molecule has 7 aromatic carbocycles. The Morgan fingerprint density at radius 2 is 1.00 bits per heavy atom. The van der Waals surface area contributed by atoms with E-state index in [1.54, 1.807) is 11.3 Å². The van der Waals surface area contributed by atoms with Crippen molar-refractivity contribution in [3.8, 4) is 39.9 Å². The van der Waals surface area contributed by atoms with Crippen LogP contribution in [0.3, 0.4) is 0 Å². The van der Waals surface area contributed by atoms with Crippen molar-refractivity contribution in [2.24, 2.45) is 0 Å². The van der Waals surface area contributed by atoms with Crippen molar-refractivity contribution in [1.82, 2.24) is 19.5 Å². The molecule has 0 bridgehead atoms. The summed E-state index contributed by atoms with van der Waals surface area (Å²) in [4.78, 5) is 14.8. The van der Waals surface area contributed by atoms with Crippen LogP contribution in [0.4, 0.5) is 0 Å². The second-order valence-electron chi connectivity index (χ2n) is 12.8. The average Bonchev–Trinajstić information content (AvgIpc) is 3.87. The van der Waals surface area contributed by atoms with Gasteiger partial charge in [-0.1, -0.05) is 121 Å². The van der Waals surface area contributed by atoms with E-state index in [9.17, 15) is 0 Å². The molecule has 0 spiro atoms. The normalized spacial score (nSPS) is 11.9. The minimum atomic E-state index is 0.655. The zero-order chi connectivity index (χ0) is 33.5. The van der Waals surface area contributed by atoms with Gasteiger partial charge in [-0.05, 0) is 36.4 Å². The molecule has 0 radical (unpaired) electrons. The van der Waals surface area contributed by atoms with Crippen LogP contribution in [0.15, 0.2) is 162 Å². The van der Waals surface area contributed by atoms with Crippen molar-refractivity contribution in [2.45, 2.75) is 0 Å². The molecule has 51 heavy (non-hydrogen) atoms. The molecule has 4 aromatic heterocycles. The fourth-order valence-corrected chi connectivity index (χ4v) is 8.66. The highest BCUT2D eigenvalue weighted by Gasteiger charge is 2.20. The van der Waals surface area contributed by atoms with Crippen molar-refractivity contribution in [3.63, 3.8) is 0 Å². The molecule has 0 aliphatic heterocycles. The Bertz CT molecular complexity index is 3080. The van der Waals surface area contributed by atoms with E-state index in [4.69, 9.17) is 19.4 Å². The van der Waals surface area contributed by atoms with E-state index in [1.807, 2.05) is 72.8 Å². The van der Waals surface area contributed by atoms with Crippen LogP contribution in [0.2, 0.25) is 0 Å². The van der Waals surface area contributed by atoms with E-state index in [-0.39, 0.29) is 0 Å². The molecule has 0 aliphatic rings. The van der Waals surface area contributed by atoms with Crippen LogP contribution in [-0.2, 0) is 0 Å². The lowest BCUT2D eigenvalue weighted by Crippen LogP contribution is -1.99. The van der Waals surface area contributed by atoms with Gasteiger partial charge in [0.25, 0.3) is 0 Å². The van der Waals surface area contributed by atoms with E-state index >= 15 is 0 Å². The number of para-hydroxylation sites is 2. The molecular formula is C45H26N4OS. The fourth-order valence-electron chi connectivity index (χ4n) is 7.48. The molecule has 0 saturated heterocycles. The molecule has 0 fully saturated rings. The lowest BCUT2D eigenvalue weighted by molar-refractivity contribution is 0.671. The van der Waals surface area contributed by atoms with E-state index in [0.717, 1.165) is 55.3 Å². The van der Waals surface area contributed by atoms with Crippen LogP contribution in [0.1, 0.15) is 0 Å². The Morgan fingerprint density at radius 1 is 0.431 bits per heavy atom. The molecule has 0 amide bonds. The number of hydrogen-bond donors (Lipinski definition) is 0. The minimum Gasteiger partial charge on any atom is -0.454 e. The summed E-state index contributed by atoms with van der Waals surface area (Å²) in [6.45, 7) is 0. The Balaban J connectivity index is 1.09. The molecule has 11 rings (SSSR count). The monoisotopic (exact) mass is 670 g/mol. The summed E-state index contributed by atoms with van der Waals surface area (Å²) in [6.07, 6.45) is 0. The molecule has 5 nitrogen and oxygen atoms in total. The fraction of sp³-hybridized carbons (Fsp3) is 0. The zero-order valence-corrected chi connectivity index (χ0v) is 27.9. The van der Waals surface area contributed by atoms with Crippen molar-refractivity contribution >= 4 is 75.3 Å². The Hall–Kier alpha value is -6.63. The van der Waals surface area contributed by atoms with Gasteiger partial charge in [0.2, 0.25) is 0 Å². The minimum absolute atomic E-state index is 0.655. The molecule has 238 valence electrons. The summed E-state index contributed by atoms with van der Waals surface area (Å²) >= 11 is 1.79. The van der Waals surface area contributed by atoms with Gasteiger partial charge >= 0.3 is 0 Å². The number of aromatic nitrogens is 4. The molecule has 0 aliphatic carbocycles. The van der Waals surface area contributed by atoms with Crippen molar-refractivity contribution < 1.29 is 4.42 Å². The standard InChI is InChI=1S/C45H26N4OS/c1-3-11-27(12-4-1)43-46-44(28-13-5-2-6-14-28)48-45(47-43)29-19-21-33-34-22-20-30(26-40(34)51-39(33)25-29)49-37-17-9-7-15-31(37)35-23-24-36-32-16-8-10-18-38(32)50-42(36)41(35)49/h1-26H. The molecule has 0 saturated carbocycles. The van der Waals surface area contributed by atoms with Crippen LogP contribution in [-0.4, -0.2) is 19.5 Å². The second-order valence-corrected chi connectivity index (χ2v) is 13.9. The lowest BCUT2D eigenvalue weighted by atomic mass is 10.1. The third-order valence-corrected chi connectivity index (χ3v) is 11.0. The van der Waals surface area contributed by atoms with Crippen molar-refractivity contribution in [1.29, 1.82) is 0 Å². The molecule has 11 aromatic rings. The topological polar surface area (TPSA) is 56.7 Å². The number of fused-ring (bicyclic) bond motifs is 10. The van der Waals surface area contributed by atoms with Crippen molar-refractivity contribution in [2.75, 3.05) is 0 Å². The SMILES string of the molecule is c1ccc(-c2nc(-c3ccccc3)nc(-c3ccc4c(c3)sc3cc(-n5c6ccccc6c6ccc7c8ccccc8oc7c65)ccc34)n2)cc1. The van der Waals surface area contributed by atoms with Crippen LogP contribution >= 0.6 is 11.3 Å². The van der Waals surface area contributed by atoms with Gasteiger partial charge in [-0.25, -0.2) is 15.0 Å². The number of nitrogens with zero attached hydrogens (tertiary/aromatic N) is 4. The molecule has 4 heterocycles. The van der Waals surface area contributed by atoms with Crippen LogP contribution < -0.4 is 0 Å². The predicted molar refractivity (Wildman–Crippen MR) is 211 cm³/mol. The second kappa shape index (κ2) is 10.9. The summed E-state index contributed by atoms with van der Waals surface area (Å²) in [5.41, 5.74) is 8.03. The molecule has 0 N–H and O–H groups in total. The summed E-state index contributed by atoms with van der Waals surface area (Å²) in [5, 5.41) is 7.09. The summed E-state index contributed by atoms with van der Waals surface area (Å²) in [6, 6.07) is 54.9. The molecule has 0 unspecified atom stereocenters. The molecular weight excluding hydrogens is 645 g/mol. The summed E-state index contributed by atoms with van der Waals surface area (Å²) < 4.78 is 11.4. The van der Waals surface area contributed by atoms with Gasteiger partial charge in [-0.2, -0.15) is 0 Å². The van der Waals surface area contributed by atoms with Crippen LogP contribution in [0, 0.1) is 0 Å². The van der Waals surface area contributed by atoms with Gasteiger partial charge in [0.15, 0.2) is 23.1 Å². The maximum atomic E-state index is 6.59. The average molecular weight is 671 g/mol. The zero-order valence-electron chi connectivity index (χ0n) is 27.1. The third-order valence-electron chi connectivity index (χ3n) is 9.85. The molecule has 0 atom stereocenters. The largest absolute Gasteiger partial charge is 0.454 e. The van der Waals surface area contributed by atoms with E-state index in [2.05, 4.69) is 89.5 Å². The smallest absolute Gasteiger partial charge is 0.164 e. The van der Waals surface area contributed by atoms with E-state index in [0.29, 0.717) is 17.5 Å². The number of furan rings is 1. The maximum Gasteiger partial charge on any atom is 0.164 e. The summed E-state index contributed by atoms with van der Waals surface area (Å²) in [7, 11) is 0. The Morgan fingerprint density at radius 3 is 1.75 bits per heavy atom. The first-order valence-electron chi connectivity index (χ1n) is 16.9. The van der Waals surface area contributed by atoms with E-state index < -0.39 is 0 Å². The van der Waals surface area contributed by atoms with Gasteiger partial charge < -0.3 is 8.98 Å². The maximum absolute atomic E-state index is 6.59. The highest BCUT2D eigenvalue weighted by molar-refractivity contribution is 7.25. The third kappa shape index (κ3) is 4.37. The first-order valence-corrected chi connectivity index (χ1v) is 17.8.